The van der Waals surface area contributed by atoms with E-state index in [1.54, 1.807) is 0 Å². The van der Waals surface area contributed by atoms with Gasteiger partial charge in [0.25, 0.3) is 0 Å². The molecule has 0 amide bonds. The molecule has 0 atom stereocenters. The highest BCUT2D eigenvalue weighted by Gasteiger charge is 2.11. The fourth-order valence-electron chi connectivity index (χ4n) is 1.14. The summed E-state index contributed by atoms with van der Waals surface area (Å²) >= 11 is 1.51. The minimum atomic E-state index is 0.478. The van der Waals surface area contributed by atoms with Gasteiger partial charge in [-0.1, -0.05) is 20.8 Å². The number of thiazole rings is 1. The second-order valence-corrected chi connectivity index (χ2v) is 4.05. The lowest BCUT2D eigenvalue weighted by atomic mass is 10.1. The smallest absolute Gasteiger partial charge is 0.178 e. The van der Waals surface area contributed by atoms with Gasteiger partial charge in [-0.2, -0.15) is 0 Å². The number of carbonyl (C=O) groups excluding carboxylic acids is 1. The number of aryl methyl sites for hydroxylation is 1. The molecular formula is C9H13NOS. The van der Waals surface area contributed by atoms with Crippen molar-refractivity contribution in [2.45, 2.75) is 33.1 Å². The quantitative estimate of drug-likeness (QED) is 0.674. The van der Waals surface area contributed by atoms with Gasteiger partial charge in [-0.15, -0.1) is 11.3 Å². The van der Waals surface area contributed by atoms with Gasteiger partial charge in [0.05, 0.1) is 5.69 Å². The Balaban J connectivity index is 3.07. The SMILES string of the molecule is CCc1nc(C=O)sc1C(C)C. The van der Waals surface area contributed by atoms with Crippen LogP contribution in [0.25, 0.3) is 0 Å². The highest BCUT2D eigenvalue weighted by Crippen LogP contribution is 2.25. The van der Waals surface area contributed by atoms with Crippen molar-refractivity contribution >= 4 is 17.6 Å². The minimum Gasteiger partial charge on any atom is -0.295 e. The Morgan fingerprint density at radius 3 is 2.58 bits per heavy atom. The van der Waals surface area contributed by atoms with E-state index in [4.69, 9.17) is 0 Å². The Hall–Kier alpha value is -0.700. The van der Waals surface area contributed by atoms with Crippen molar-refractivity contribution in [2.24, 2.45) is 0 Å². The summed E-state index contributed by atoms with van der Waals surface area (Å²) in [5.74, 6) is 0.478. The molecule has 0 N–H and O–H groups in total. The molecule has 0 bridgehead atoms. The number of rotatable bonds is 3. The van der Waals surface area contributed by atoms with Crippen LogP contribution in [0, 0.1) is 0 Å². The third-order valence-corrected chi connectivity index (χ3v) is 3.03. The maximum absolute atomic E-state index is 10.5. The first kappa shape index (κ1) is 9.39. The fraction of sp³-hybridized carbons (Fsp3) is 0.556. The zero-order valence-electron chi connectivity index (χ0n) is 7.63. The molecule has 0 saturated heterocycles. The predicted octanol–water partition coefficient (Wildman–Crippen LogP) is 2.64. The van der Waals surface area contributed by atoms with E-state index in [-0.39, 0.29) is 0 Å². The average molecular weight is 183 g/mol. The molecule has 12 heavy (non-hydrogen) atoms. The van der Waals surface area contributed by atoms with E-state index in [1.165, 1.54) is 16.2 Å². The van der Waals surface area contributed by atoms with Gasteiger partial charge in [-0.25, -0.2) is 4.98 Å². The lowest BCUT2D eigenvalue weighted by molar-refractivity contribution is 0.112. The van der Waals surface area contributed by atoms with Crippen LogP contribution in [-0.2, 0) is 6.42 Å². The summed E-state index contributed by atoms with van der Waals surface area (Å²) in [5, 5.41) is 0.607. The van der Waals surface area contributed by atoms with Gasteiger partial charge in [0.1, 0.15) is 0 Å². The van der Waals surface area contributed by atoms with Gasteiger partial charge >= 0.3 is 0 Å². The molecule has 66 valence electrons. The van der Waals surface area contributed by atoms with Crippen molar-refractivity contribution < 1.29 is 4.79 Å². The number of carbonyl (C=O) groups is 1. The normalized spacial score (nSPS) is 10.7. The third kappa shape index (κ3) is 1.72. The van der Waals surface area contributed by atoms with Crippen LogP contribution in [0.1, 0.15) is 47.1 Å². The van der Waals surface area contributed by atoms with Gasteiger partial charge < -0.3 is 0 Å². The first-order valence-electron chi connectivity index (χ1n) is 4.13. The van der Waals surface area contributed by atoms with Crippen LogP contribution in [0.15, 0.2) is 0 Å². The van der Waals surface area contributed by atoms with Gasteiger partial charge in [0, 0.05) is 4.88 Å². The predicted molar refractivity (Wildman–Crippen MR) is 51.0 cm³/mol. The van der Waals surface area contributed by atoms with Gasteiger partial charge in [0.15, 0.2) is 11.3 Å². The molecule has 1 rings (SSSR count). The van der Waals surface area contributed by atoms with Crippen LogP contribution in [0.4, 0.5) is 0 Å². The second-order valence-electron chi connectivity index (χ2n) is 2.99. The van der Waals surface area contributed by atoms with Crippen LogP contribution in [-0.4, -0.2) is 11.3 Å². The molecule has 0 aromatic carbocycles. The molecule has 1 heterocycles. The van der Waals surface area contributed by atoms with E-state index in [0.717, 1.165) is 18.4 Å². The zero-order valence-corrected chi connectivity index (χ0v) is 8.44. The molecule has 0 saturated carbocycles. The maximum Gasteiger partial charge on any atom is 0.178 e. The van der Waals surface area contributed by atoms with Crippen molar-refractivity contribution in [1.82, 2.24) is 4.98 Å². The molecule has 0 unspecified atom stereocenters. The van der Waals surface area contributed by atoms with Crippen molar-refractivity contribution in [3.05, 3.63) is 15.6 Å². The summed E-state index contributed by atoms with van der Waals surface area (Å²) < 4.78 is 0. The standard InChI is InChI=1S/C9H13NOS/c1-4-7-9(6(2)3)12-8(5-11)10-7/h5-6H,4H2,1-3H3. The minimum absolute atomic E-state index is 0.478. The van der Waals surface area contributed by atoms with Crippen LogP contribution in [0.2, 0.25) is 0 Å². The maximum atomic E-state index is 10.5. The highest BCUT2D eigenvalue weighted by molar-refractivity contribution is 7.13. The topological polar surface area (TPSA) is 30.0 Å². The van der Waals surface area contributed by atoms with Gasteiger partial charge in [-0.05, 0) is 12.3 Å². The van der Waals surface area contributed by atoms with Crippen LogP contribution >= 0.6 is 11.3 Å². The molecule has 1 aromatic heterocycles. The van der Waals surface area contributed by atoms with E-state index in [0.29, 0.717) is 10.9 Å². The van der Waals surface area contributed by atoms with Crippen molar-refractivity contribution in [1.29, 1.82) is 0 Å². The first-order valence-corrected chi connectivity index (χ1v) is 4.95. The van der Waals surface area contributed by atoms with Gasteiger partial charge in [0.2, 0.25) is 0 Å². The van der Waals surface area contributed by atoms with E-state index in [9.17, 15) is 4.79 Å². The molecule has 0 aliphatic rings. The van der Waals surface area contributed by atoms with Crippen LogP contribution in [0.5, 0.6) is 0 Å². The summed E-state index contributed by atoms with van der Waals surface area (Å²) in [5.41, 5.74) is 1.08. The zero-order chi connectivity index (χ0) is 9.14. The molecule has 0 radical (unpaired) electrons. The van der Waals surface area contributed by atoms with E-state index >= 15 is 0 Å². The Labute approximate surface area is 76.6 Å². The number of aldehydes is 1. The lowest BCUT2D eigenvalue weighted by Gasteiger charge is -2.01. The number of hydrogen-bond donors (Lipinski definition) is 0. The van der Waals surface area contributed by atoms with Crippen molar-refractivity contribution in [3.8, 4) is 0 Å². The number of hydrogen-bond acceptors (Lipinski definition) is 3. The molecule has 0 fully saturated rings. The average Bonchev–Trinajstić information content (AvgIpc) is 2.47. The molecule has 0 spiro atoms. The van der Waals surface area contributed by atoms with E-state index in [1.807, 2.05) is 0 Å². The van der Waals surface area contributed by atoms with Crippen molar-refractivity contribution in [2.75, 3.05) is 0 Å². The Morgan fingerprint density at radius 1 is 1.58 bits per heavy atom. The van der Waals surface area contributed by atoms with Crippen molar-refractivity contribution in [3.63, 3.8) is 0 Å². The third-order valence-electron chi connectivity index (χ3n) is 1.70. The Bertz CT molecular complexity index is 278. The second kappa shape index (κ2) is 3.81. The molecule has 0 aliphatic carbocycles. The van der Waals surface area contributed by atoms with Gasteiger partial charge in [-0.3, -0.25) is 4.79 Å². The monoisotopic (exact) mass is 183 g/mol. The number of nitrogens with zero attached hydrogens (tertiary/aromatic N) is 1. The summed E-state index contributed by atoms with van der Waals surface area (Å²) in [7, 11) is 0. The molecule has 3 heteroatoms. The van der Waals surface area contributed by atoms with E-state index < -0.39 is 0 Å². The lowest BCUT2D eigenvalue weighted by Crippen LogP contribution is -1.90. The molecular weight excluding hydrogens is 170 g/mol. The molecule has 2 nitrogen and oxygen atoms in total. The summed E-state index contributed by atoms with van der Waals surface area (Å²) in [6, 6.07) is 0. The fourth-order valence-corrected chi connectivity index (χ4v) is 2.11. The summed E-state index contributed by atoms with van der Waals surface area (Å²) in [6.07, 6.45) is 1.74. The molecule has 1 aromatic rings. The number of aromatic nitrogens is 1. The summed E-state index contributed by atoms with van der Waals surface area (Å²) in [4.78, 5) is 15.9. The van der Waals surface area contributed by atoms with Crippen LogP contribution in [0.3, 0.4) is 0 Å². The Morgan fingerprint density at radius 2 is 2.25 bits per heavy atom. The largest absolute Gasteiger partial charge is 0.295 e. The first-order chi connectivity index (χ1) is 5.69. The van der Waals surface area contributed by atoms with E-state index in [2.05, 4.69) is 25.8 Å². The Kier molecular flexibility index (Phi) is 2.98. The van der Waals surface area contributed by atoms with Crippen LogP contribution < -0.4 is 0 Å². The summed E-state index contributed by atoms with van der Waals surface area (Å²) in [6.45, 7) is 6.32. The molecule has 0 aliphatic heterocycles. The highest BCUT2D eigenvalue weighted by atomic mass is 32.1.